The highest BCUT2D eigenvalue weighted by molar-refractivity contribution is 5.55. The molecule has 3 aromatic carbocycles. The Labute approximate surface area is 183 Å². The molecule has 4 N–H and O–H groups in total. The van der Waals surface area contributed by atoms with Crippen LogP contribution in [0.5, 0.6) is 23.0 Å². The lowest BCUT2D eigenvalue weighted by Crippen LogP contribution is -2.18. The van der Waals surface area contributed by atoms with Crippen LogP contribution in [0.4, 0.5) is 55.3 Å². The predicted octanol–water partition coefficient (Wildman–Crippen LogP) is 7.03. The lowest BCUT2D eigenvalue weighted by Gasteiger charge is -2.21. The summed E-state index contributed by atoms with van der Waals surface area (Å²) in [5, 5.41) is 0. The van der Waals surface area contributed by atoms with Gasteiger partial charge >= 0.3 is 12.4 Å². The third-order valence-electron chi connectivity index (χ3n) is 4.25. The Morgan fingerprint density at radius 2 is 1.09 bits per heavy atom. The Hall–Kier alpha value is -3.84. The minimum atomic E-state index is -5.76. The van der Waals surface area contributed by atoms with Crippen molar-refractivity contribution in [3.05, 3.63) is 70.8 Å². The van der Waals surface area contributed by atoms with Gasteiger partial charge in [-0.15, -0.1) is 0 Å². The fourth-order valence-corrected chi connectivity index (χ4v) is 2.76. The summed E-state index contributed by atoms with van der Waals surface area (Å²) in [4.78, 5) is 0. The number of hydrogen-bond acceptors (Lipinski definition) is 4. The van der Waals surface area contributed by atoms with Crippen LogP contribution in [0.15, 0.2) is 36.4 Å². The van der Waals surface area contributed by atoms with Crippen LogP contribution in [-0.2, 0) is 12.4 Å². The molecule has 0 unspecified atom stereocenters. The van der Waals surface area contributed by atoms with Gasteiger partial charge in [0.15, 0.2) is 23.3 Å². The molecule has 0 aromatic heterocycles. The Morgan fingerprint density at radius 3 is 1.53 bits per heavy atom. The molecule has 4 nitrogen and oxygen atoms in total. The molecular weight excluding hydrogens is 490 g/mol. The van der Waals surface area contributed by atoms with Gasteiger partial charge in [-0.2, -0.15) is 26.3 Å². The monoisotopic (exact) mass is 500 g/mol. The van der Waals surface area contributed by atoms with E-state index in [-0.39, 0.29) is 12.1 Å². The van der Waals surface area contributed by atoms with E-state index in [0.717, 1.165) is 6.07 Å². The highest BCUT2D eigenvalue weighted by Crippen LogP contribution is 2.49. The maximum atomic E-state index is 14.2. The standard InChI is InChI=1S/C20H10F10N2O2/c21-9-1-3-11(31)15(23)17(9)33-7-5-8(19(25,26)27)14(20(28,29)30)13(6-7)34-18-10(22)2-4-12(32)16(18)24/h1-6H,31-32H2. The van der Waals surface area contributed by atoms with Gasteiger partial charge in [-0.3, -0.25) is 0 Å². The van der Waals surface area contributed by atoms with Crippen LogP contribution in [0.2, 0.25) is 0 Å². The van der Waals surface area contributed by atoms with Gasteiger partial charge in [0.1, 0.15) is 17.1 Å². The molecule has 182 valence electrons. The Morgan fingerprint density at radius 1 is 0.618 bits per heavy atom. The summed E-state index contributed by atoms with van der Waals surface area (Å²) < 4.78 is 147. The van der Waals surface area contributed by atoms with E-state index in [2.05, 4.69) is 4.74 Å². The topological polar surface area (TPSA) is 70.5 Å². The molecule has 0 saturated carbocycles. The number of hydrogen-bond donors (Lipinski definition) is 2. The van der Waals surface area contributed by atoms with Gasteiger partial charge in [0.05, 0.1) is 16.9 Å². The number of benzene rings is 3. The number of nitrogen functional groups attached to an aromatic ring is 2. The first kappa shape index (κ1) is 24.8. The van der Waals surface area contributed by atoms with Crippen molar-refractivity contribution in [3.8, 4) is 23.0 Å². The summed E-state index contributed by atoms with van der Waals surface area (Å²) in [6.45, 7) is 0. The van der Waals surface area contributed by atoms with E-state index < -0.39 is 81.1 Å². The van der Waals surface area contributed by atoms with Crippen molar-refractivity contribution in [2.45, 2.75) is 12.4 Å². The molecule has 0 atom stereocenters. The van der Waals surface area contributed by atoms with Crippen LogP contribution in [0.25, 0.3) is 0 Å². The number of halogens is 10. The minimum absolute atomic E-state index is 0.113. The molecule has 0 amide bonds. The minimum Gasteiger partial charge on any atom is -0.451 e. The molecule has 34 heavy (non-hydrogen) atoms. The lowest BCUT2D eigenvalue weighted by molar-refractivity contribution is -0.162. The fraction of sp³-hybridized carbons (Fsp3) is 0.100. The highest BCUT2D eigenvalue weighted by atomic mass is 19.4. The third kappa shape index (κ3) is 4.75. The molecular formula is C20H10F10N2O2. The SMILES string of the molecule is Nc1ccc(F)c(Oc2cc(Oc3c(F)ccc(N)c3F)c(C(F)(F)F)c(C(F)(F)F)c2)c1F. The van der Waals surface area contributed by atoms with E-state index in [9.17, 15) is 43.9 Å². The molecule has 0 spiro atoms. The van der Waals surface area contributed by atoms with Crippen LogP contribution < -0.4 is 20.9 Å². The van der Waals surface area contributed by atoms with E-state index in [1.807, 2.05) is 0 Å². The van der Waals surface area contributed by atoms with Crippen molar-refractivity contribution < 1.29 is 53.4 Å². The Kier molecular flexibility index (Phi) is 6.20. The molecule has 3 rings (SSSR count). The van der Waals surface area contributed by atoms with Gasteiger partial charge in [0, 0.05) is 6.07 Å². The van der Waals surface area contributed by atoms with E-state index in [1.165, 1.54) is 0 Å². The first-order valence-electron chi connectivity index (χ1n) is 8.76. The second-order valence-corrected chi connectivity index (χ2v) is 6.60. The van der Waals surface area contributed by atoms with Gasteiger partial charge < -0.3 is 20.9 Å². The summed E-state index contributed by atoms with van der Waals surface area (Å²) in [5.74, 6) is -12.3. The quantitative estimate of drug-likeness (QED) is 0.298. The lowest BCUT2D eigenvalue weighted by atomic mass is 10.0. The maximum absolute atomic E-state index is 14.2. The van der Waals surface area contributed by atoms with Crippen molar-refractivity contribution in [2.75, 3.05) is 11.5 Å². The third-order valence-corrected chi connectivity index (χ3v) is 4.25. The Balaban J connectivity index is 2.29. The molecule has 14 heteroatoms. The molecule has 0 aliphatic carbocycles. The molecule has 0 bridgehead atoms. The largest absolute Gasteiger partial charge is 0.451 e. The summed E-state index contributed by atoms with van der Waals surface area (Å²) in [6.07, 6.45) is -11.5. The second-order valence-electron chi connectivity index (χ2n) is 6.60. The molecule has 0 aliphatic rings. The summed E-state index contributed by atoms with van der Waals surface area (Å²) >= 11 is 0. The zero-order chi connectivity index (χ0) is 25.6. The van der Waals surface area contributed by atoms with Crippen LogP contribution in [0, 0.1) is 23.3 Å². The number of anilines is 2. The zero-order valence-corrected chi connectivity index (χ0v) is 16.2. The van der Waals surface area contributed by atoms with Gasteiger partial charge in [-0.25, -0.2) is 17.6 Å². The highest BCUT2D eigenvalue weighted by Gasteiger charge is 2.46. The second kappa shape index (κ2) is 8.50. The predicted molar refractivity (Wildman–Crippen MR) is 98.1 cm³/mol. The normalized spacial score (nSPS) is 12.1. The summed E-state index contributed by atoms with van der Waals surface area (Å²) in [5.41, 5.74) is 4.03. The molecule has 0 fully saturated rings. The van der Waals surface area contributed by atoms with Gasteiger partial charge in [0.25, 0.3) is 0 Å². The van der Waals surface area contributed by atoms with Crippen LogP contribution in [-0.4, -0.2) is 0 Å². The first-order valence-corrected chi connectivity index (χ1v) is 8.76. The summed E-state index contributed by atoms with van der Waals surface area (Å²) in [7, 11) is 0. The van der Waals surface area contributed by atoms with Crippen molar-refractivity contribution in [3.63, 3.8) is 0 Å². The van der Waals surface area contributed by atoms with Gasteiger partial charge in [0.2, 0.25) is 11.5 Å². The van der Waals surface area contributed by atoms with Crippen LogP contribution in [0.3, 0.4) is 0 Å². The smallest absolute Gasteiger partial charge is 0.420 e. The number of nitrogens with two attached hydrogens (primary N) is 2. The van der Waals surface area contributed by atoms with E-state index >= 15 is 0 Å². The molecule has 0 heterocycles. The molecule has 0 aliphatic heterocycles. The summed E-state index contributed by atoms with van der Waals surface area (Å²) in [6, 6.07) is 2.41. The average Bonchev–Trinajstić information content (AvgIpc) is 2.72. The van der Waals surface area contributed by atoms with Crippen molar-refractivity contribution in [1.82, 2.24) is 0 Å². The van der Waals surface area contributed by atoms with Crippen molar-refractivity contribution >= 4 is 11.4 Å². The van der Waals surface area contributed by atoms with Crippen LogP contribution in [0.1, 0.15) is 11.1 Å². The van der Waals surface area contributed by atoms with Crippen molar-refractivity contribution in [1.29, 1.82) is 0 Å². The fourth-order valence-electron chi connectivity index (χ4n) is 2.76. The number of ether oxygens (including phenoxy) is 2. The number of alkyl halides is 6. The van der Waals surface area contributed by atoms with Gasteiger partial charge in [-0.1, -0.05) is 0 Å². The molecule has 0 saturated heterocycles. The number of rotatable bonds is 4. The molecule has 3 aromatic rings. The van der Waals surface area contributed by atoms with E-state index in [1.54, 1.807) is 0 Å². The van der Waals surface area contributed by atoms with E-state index in [4.69, 9.17) is 16.2 Å². The first-order chi connectivity index (χ1) is 15.6. The Bertz CT molecular complexity index is 1260. The van der Waals surface area contributed by atoms with E-state index in [0.29, 0.717) is 18.2 Å². The van der Waals surface area contributed by atoms with Crippen LogP contribution >= 0.6 is 0 Å². The zero-order valence-electron chi connectivity index (χ0n) is 16.2. The van der Waals surface area contributed by atoms with Gasteiger partial charge in [-0.05, 0) is 30.3 Å². The average molecular weight is 500 g/mol. The van der Waals surface area contributed by atoms with Crippen molar-refractivity contribution in [2.24, 2.45) is 0 Å². The maximum Gasteiger partial charge on any atom is 0.420 e. The molecule has 0 radical (unpaired) electrons.